The maximum absolute atomic E-state index is 7.81. The summed E-state index contributed by atoms with van der Waals surface area (Å²) in [5, 5.41) is 15.6. The Morgan fingerprint density at radius 3 is 0.938 bits per heavy atom. The van der Waals surface area contributed by atoms with Crippen molar-refractivity contribution in [1.29, 1.82) is 10.8 Å². The molecule has 166 valence electrons. The lowest BCUT2D eigenvalue weighted by molar-refractivity contribution is 0.799. The second kappa shape index (κ2) is 9.56. The van der Waals surface area contributed by atoms with Crippen LogP contribution in [0.4, 0.5) is 11.4 Å². The highest BCUT2D eigenvalue weighted by molar-refractivity contribution is 5.94. The van der Waals surface area contributed by atoms with Crippen LogP contribution in [0, 0.1) is 10.8 Å². The number of hydrogen-bond donors (Lipinski definition) is 4. The average Bonchev–Trinajstić information content (AvgIpc) is 2.74. The van der Waals surface area contributed by atoms with E-state index in [1.807, 2.05) is 52.0 Å². The molecule has 0 unspecified atom stereocenters. The highest BCUT2D eigenvalue weighted by Gasteiger charge is 2.14. The summed E-state index contributed by atoms with van der Waals surface area (Å²) in [6.07, 6.45) is 0. The van der Waals surface area contributed by atoms with Gasteiger partial charge < -0.3 is 21.3 Å². The molecule has 0 heterocycles. The van der Waals surface area contributed by atoms with Gasteiger partial charge in [0.15, 0.2) is 11.9 Å². The van der Waals surface area contributed by atoms with E-state index in [2.05, 4.69) is 48.5 Å². The van der Waals surface area contributed by atoms with E-state index in [1.165, 1.54) is 0 Å². The van der Waals surface area contributed by atoms with Crippen molar-refractivity contribution in [2.24, 2.45) is 11.5 Å². The molecule has 0 saturated carbocycles. The number of hydrogen-bond acceptors (Lipinski definition) is 2. The Labute approximate surface area is 190 Å². The molecule has 0 fully saturated rings. The first-order valence-electron chi connectivity index (χ1n) is 10.8. The lowest BCUT2D eigenvalue weighted by Gasteiger charge is -2.27. The molecule has 0 atom stereocenters. The Hall–Kier alpha value is -3.80. The van der Waals surface area contributed by atoms with Gasteiger partial charge in [0, 0.05) is 23.5 Å². The zero-order valence-corrected chi connectivity index (χ0v) is 19.1. The highest BCUT2D eigenvalue weighted by Crippen LogP contribution is 2.28. The number of anilines is 2. The van der Waals surface area contributed by atoms with Crippen LogP contribution in [0.15, 0.2) is 72.8 Å². The molecule has 0 aromatic heterocycles. The molecule has 0 aliphatic rings. The van der Waals surface area contributed by atoms with Gasteiger partial charge in [0.25, 0.3) is 0 Å². The number of nitrogens with one attached hydrogen (secondary N) is 2. The number of benzene rings is 3. The molecule has 6 nitrogen and oxygen atoms in total. The molecule has 3 rings (SSSR count). The molecule has 0 spiro atoms. The monoisotopic (exact) mass is 428 g/mol. The fraction of sp³-hybridized carbons (Fsp3) is 0.231. The molecule has 3 aromatic carbocycles. The average molecular weight is 429 g/mol. The second-order valence-electron chi connectivity index (χ2n) is 8.37. The Balaban J connectivity index is 1.79. The second-order valence-corrected chi connectivity index (χ2v) is 8.37. The van der Waals surface area contributed by atoms with Crippen molar-refractivity contribution in [2.45, 2.75) is 39.8 Å². The Bertz CT molecular complexity index is 978. The van der Waals surface area contributed by atoms with Crippen LogP contribution in [-0.2, 0) is 0 Å². The molecule has 32 heavy (non-hydrogen) atoms. The SMILES string of the molecule is CC(C)N(C(=N)N)c1ccc(-c2ccc(-c3ccc(N(C(=N)N)C(C)C)cc3)cc2)cc1. The van der Waals surface area contributed by atoms with Crippen molar-refractivity contribution in [3.05, 3.63) is 72.8 Å². The summed E-state index contributed by atoms with van der Waals surface area (Å²) in [5.41, 5.74) is 17.8. The maximum Gasteiger partial charge on any atom is 0.193 e. The van der Waals surface area contributed by atoms with Crippen LogP contribution in [0.25, 0.3) is 22.3 Å². The van der Waals surface area contributed by atoms with Gasteiger partial charge in [-0.1, -0.05) is 48.5 Å². The molecule has 0 saturated heterocycles. The molecule has 0 bridgehead atoms. The van der Waals surface area contributed by atoms with Gasteiger partial charge in [-0.3, -0.25) is 10.8 Å². The highest BCUT2D eigenvalue weighted by atomic mass is 15.3. The molecule has 0 radical (unpaired) electrons. The molecule has 6 N–H and O–H groups in total. The summed E-state index contributed by atoms with van der Waals surface area (Å²) >= 11 is 0. The first kappa shape index (κ1) is 22.9. The van der Waals surface area contributed by atoms with Crippen molar-refractivity contribution < 1.29 is 0 Å². The molecular formula is C26H32N6. The Morgan fingerprint density at radius 2 is 0.750 bits per heavy atom. The lowest BCUT2D eigenvalue weighted by atomic mass is 9.99. The molecule has 3 aromatic rings. The van der Waals surface area contributed by atoms with Gasteiger partial charge in [-0.15, -0.1) is 0 Å². The van der Waals surface area contributed by atoms with Gasteiger partial charge in [-0.05, 0) is 74.2 Å². The van der Waals surface area contributed by atoms with E-state index in [0.717, 1.165) is 33.6 Å². The van der Waals surface area contributed by atoms with Gasteiger partial charge in [0.2, 0.25) is 0 Å². The molecule has 0 aliphatic heterocycles. The zero-order valence-electron chi connectivity index (χ0n) is 19.1. The third-order valence-corrected chi connectivity index (χ3v) is 5.39. The Kier molecular flexibility index (Phi) is 6.83. The van der Waals surface area contributed by atoms with Crippen LogP contribution in [0.1, 0.15) is 27.7 Å². The summed E-state index contributed by atoms with van der Waals surface area (Å²) in [7, 11) is 0. The number of nitrogens with two attached hydrogens (primary N) is 2. The van der Waals surface area contributed by atoms with Gasteiger partial charge in [-0.2, -0.15) is 0 Å². The van der Waals surface area contributed by atoms with Crippen molar-refractivity contribution in [3.63, 3.8) is 0 Å². The number of rotatable bonds is 6. The van der Waals surface area contributed by atoms with Gasteiger partial charge in [-0.25, -0.2) is 0 Å². The predicted octanol–water partition coefficient (Wildman–Crippen LogP) is 5.24. The summed E-state index contributed by atoms with van der Waals surface area (Å²) < 4.78 is 0. The van der Waals surface area contributed by atoms with Gasteiger partial charge >= 0.3 is 0 Å². The minimum atomic E-state index is 0.0444. The van der Waals surface area contributed by atoms with E-state index in [-0.39, 0.29) is 24.0 Å². The minimum absolute atomic E-state index is 0.0444. The van der Waals surface area contributed by atoms with E-state index in [9.17, 15) is 0 Å². The normalized spacial score (nSPS) is 10.9. The van der Waals surface area contributed by atoms with Crippen molar-refractivity contribution in [2.75, 3.05) is 9.80 Å². The molecule has 0 amide bonds. The van der Waals surface area contributed by atoms with Crippen LogP contribution in [-0.4, -0.2) is 24.0 Å². The smallest absolute Gasteiger partial charge is 0.193 e. The van der Waals surface area contributed by atoms with E-state index < -0.39 is 0 Å². The standard InChI is InChI=1S/C26H32N6/c1-17(2)31(25(27)28)23-13-9-21(10-14-23)19-5-7-20(8-6-19)22-11-15-24(16-12-22)32(18(3)4)26(29)30/h5-18H,1-4H3,(H3,27,28)(H3,29,30). The van der Waals surface area contributed by atoms with Crippen LogP contribution < -0.4 is 21.3 Å². The number of nitrogens with zero attached hydrogens (tertiary/aromatic N) is 2. The summed E-state index contributed by atoms with van der Waals surface area (Å²) in [5.74, 6) is 0.0888. The Morgan fingerprint density at radius 1 is 0.531 bits per heavy atom. The first-order chi connectivity index (χ1) is 15.2. The summed E-state index contributed by atoms with van der Waals surface area (Å²) in [6.45, 7) is 8.06. The third kappa shape index (κ3) is 4.91. The van der Waals surface area contributed by atoms with Crippen molar-refractivity contribution in [1.82, 2.24) is 0 Å². The van der Waals surface area contributed by atoms with E-state index in [4.69, 9.17) is 22.3 Å². The summed E-state index contributed by atoms with van der Waals surface area (Å²) in [6, 6.07) is 24.9. The van der Waals surface area contributed by atoms with Crippen LogP contribution in [0.2, 0.25) is 0 Å². The topological polar surface area (TPSA) is 106 Å². The van der Waals surface area contributed by atoms with E-state index in [0.29, 0.717) is 0 Å². The molecule has 0 aliphatic carbocycles. The van der Waals surface area contributed by atoms with Crippen LogP contribution in [0.5, 0.6) is 0 Å². The van der Waals surface area contributed by atoms with Gasteiger partial charge in [0.05, 0.1) is 0 Å². The quantitative estimate of drug-likeness (QED) is 0.318. The summed E-state index contributed by atoms with van der Waals surface area (Å²) in [4.78, 5) is 3.59. The molecule has 6 heteroatoms. The maximum atomic E-state index is 7.81. The number of guanidine groups is 2. The minimum Gasteiger partial charge on any atom is -0.370 e. The van der Waals surface area contributed by atoms with Crippen LogP contribution >= 0.6 is 0 Å². The van der Waals surface area contributed by atoms with Crippen molar-refractivity contribution >= 4 is 23.3 Å². The zero-order chi connectivity index (χ0) is 23.4. The lowest BCUT2D eigenvalue weighted by Crippen LogP contribution is -2.41. The van der Waals surface area contributed by atoms with Crippen molar-refractivity contribution in [3.8, 4) is 22.3 Å². The van der Waals surface area contributed by atoms with E-state index >= 15 is 0 Å². The molecular weight excluding hydrogens is 396 g/mol. The fourth-order valence-corrected chi connectivity index (χ4v) is 3.91. The third-order valence-electron chi connectivity index (χ3n) is 5.39. The first-order valence-corrected chi connectivity index (χ1v) is 10.8. The van der Waals surface area contributed by atoms with E-state index in [1.54, 1.807) is 9.80 Å². The largest absolute Gasteiger partial charge is 0.370 e. The fourth-order valence-electron chi connectivity index (χ4n) is 3.91. The van der Waals surface area contributed by atoms with Gasteiger partial charge in [0.1, 0.15) is 0 Å². The van der Waals surface area contributed by atoms with Crippen LogP contribution in [0.3, 0.4) is 0 Å². The predicted molar refractivity (Wildman–Crippen MR) is 136 cm³/mol.